The van der Waals surface area contributed by atoms with Gasteiger partial charge in [-0.2, -0.15) is 0 Å². The molecule has 5 heteroatoms. The van der Waals surface area contributed by atoms with Gasteiger partial charge in [0.1, 0.15) is 0 Å². The first-order valence-electron chi connectivity index (χ1n) is 7.07. The number of hydrogen-bond acceptors (Lipinski definition) is 4. The molecule has 0 heterocycles. The quantitative estimate of drug-likeness (QED) is 0.644. The van der Waals surface area contributed by atoms with Crippen LogP contribution >= 0.6 is 0 Å². The molecule has 21 heavy (non-hydrogen) atoms. The first-order valence-corrected chi connectivity index (χ1v) is 7.07. The Hall–Kier alpha value is -2.04. The summed E-state index contributed by atoms with van der Waals surface area (Å²) < 4.78 is 4.63. The highest BCUT2D eigenvalue weighted by Gasteiger charge is 2.20. The molecule has 2 N–H and O–H groups in total. The largest absolute Gasteiger partial charge is 0.469 e. The molecule has 0 aliphatic heterocycles. The number of hydrogen-bond donors (Lipinski definition) is 1. The molecular formula is C16H24N2O3. The predicted molar refractivity (Wildman–Crippen MR) is 83.0 cm³/mol. The van der Waals surface area contributed by atoms with Crippen LogP contribution in [0.4, 0.5) is 5.69 Å². The molecule has 0 aliphatic rings. The smallest absolute Gasteiger partial charge is 0.307 e. The standard InChI is InChI=1S/C16H24N2O3/c1-11(2)10-18(8-7-15(19)21-4)16(20)13-9-12(3)5-6-14(13)17/h5-6,9,11H,7-8,10,17H2,1-4H3. The van der Waals surface area contributed by atoms with E-state index in [0.29, 0.717) is 30.3 Å². The molecule has 1 aromatic rings. The monoisotopic (exact) mass is 292 g/mol. The van der Waals surface area contributed by atoms with E-state index in [4.69, 9.17) is 5.73 Å². The van der Waals surface area contributed by atoms with Crippen LogP contribution in [-0.2, 0) is 9.53 Å². The van der Waals surface area contributed by atoms with Crippen LogP contribution in [0.25, 0.3) is 0 Å². The summed E-state index contributed by atoms with van der Waals surface area (Å²) in [6, 6.07) is 5.38. The minimum atomic E-state index is -0.325. The average molecular weight is 292 g/mol. The second-order valence-corrected chi connectivity index (χ2v) is 5.56. The lowest BCUT2D eigenvalue weighted by atomic mass is 10.1. The van der Waals surface area contributed by atoms with Gasteiger partial charge in [-0.1, -0.05) is 25.5 Å². The van der Waals surface area contributed by atoms with Crippen molar-refractivity contribution in [1.29, 1.82) is 0 Å². The highest BCUT2D eigenvalue weighted by atomic mass is 16.5. The van der Waals surface area contributed by atoms with E-state index in [-0.39, 0.29) is 18.3 Å². The lowest BCUT2D eigenvalue weighted by Gasteiger charge is -2.25. The summed E-state index contributed by atoms with van der Waals surface area (Å²) in [7, 11) is 1.34. The first kappa shape index (κ1) is 17.0. The van der Waals surface area contributed by atoms with E-state index in [1.165, 1.54) is 7.11 Å². The maximum Gasteiger partial charge on any atom is 0.307 e. The Morgan fingerprint density at radius 2 is 2.00 bits per heavy atom. The van der Waals surface area contributed by atoms with E-state index in [0.717, 1.165) is 5.56 Å². The van der Waals surface area contributed by atoms with Crippen LogP contribution in [0, 0.1) is 12.8 Å². The van der Waals surface area contributed by atoms with E-state index in [2.05, 4.69) is 4.74 Å². The van der Waals surface area contributed by atoms with Gasteiger partial charge in [0.05, 0.1) is 19.1 Å². The summed E-state index contributed by atoms with van der Waals surface area (Å²) >= 11 is 0. The van der Waals surface area contributed by atoms with Crippen molar-refractivity contribution in [2.75, 3.05) is 25.9 Å². The number of anilines is 1. The van der Waals surface area contributed by atoms with Gasteiger partial charge in [0.15, 0.2) is 0 Å². The molecule has 1 amide bonds. The summed E-state index contributed by atoms with van der Waals surface area (Å²) in [5.74, 6) is -0.166. The summed E-state index contributed by atoms with van der Waals surface area (Å²) in [5, 5.41) is 0. The lowest BCUT2D eigenvalue weighted by molar-refractivity contribution is -0.140. The molecule has 0 fully saturated rings. The van der Waals surface area contributed by atoms with Gasteiger partial charge in [0, 0.05) is 18.8 Å². The van der Waals surface area contributed by atoms with Crippen LogP contribution in [0.5, 0.6) is 0 Å². The maximum atomic E-state index is 12.6. The maximum absolute atomic E-state index is 12.6. The molecule has 0 spiro atoms. The molecule has 0 radical (unpaired) electrons. The van der Waals surface area contributed by atoms with E-state index in [1.807, 2.05) is 26.8 Å². The number of nitrogen functional groups attached to an aromatic ring is 1. The van der Waals surface area contributed by atoms with Crippen molar-refractivity contribution in [3.63, 3.8) is 0 Å². The van der Waals surface area contributed by atoms with Gasteiger partial charge in [0.2, 0.25) is 0 Å². The fourth-order valence-electron chi connectivity index (χ4n) is 2.07. The average Bonchev–Trinajstić information content (AvgIpc) is 2.44. The fourth-order valence-corrected chi connectivity index (χ4v) is 2.07. The number of nitrogens with two attached hydrogens (primary N) is 1. The molecule has 0 aliphatic carbocycles. The van der Waals surface area contributed by atoms with Gasteiger partial charge in [-0.3, -0.25) is 9.59 Å². The van der Waals surface area contributed by atoms with Crippen LogP contribution in [0.3, 0.4) is 0 Å². The van der Waals surface area contributed by atoms with Crippen LogP contribution in [0.2, 0.25) is 0 Å². The number of rotatable bonds is 6. The van der Waals surface area contributed by atoms with Crippen molar-refractivity contribution in [2.45, 2.75) is 27.2 Å². The van der Waals surface area contributed by atoms with Crippen molar-refractivity contribution >= 4 is 17.6 Å². The first-order chi connectivity index (χ1) is 9.85. The number of benzene rings is 1. The molecule has 0 unspecified atom stereocenters. The normalized spacial score (nSPS) is 10.5. The summed E-state index contributed by atoms with van der Waals surface area (Å²) in [4.78, 5) is 25.6. The molecular weight excluding hydrogens is 268 g/mol. The molecule has 0 bridgehead atoms. The Morgan fingerprint density at radius 3 is 2.57 bits per heavy atom. The second-order valence-electron chi connectivity index (χ2n) is 5.56. The molecule has 0 saturated carbocycles. The number of ether oxygens (including phenoxy) is 1. The summed E-state index contributed by atoms with van der Waals surface area (Å²) in [6.45, 7) is 6.87. The molecule has 5 nitrogen and oxygen atoms in total. The zero-order chi connectivity index (χ0) is 16.0. The molecule has 116 valence electrons. The highest BCUT2D eigenvalue weighted by molar-refractivity contribution is 5.99. The van der Waals surface area contributed by atoms with Crippen LogP contribution < -0.4 is 5.73 Å². The number of aryl methyl sites for hydroxylation is 1. The van der Waals surface area contributed by atoms with Crippen molar-refractivity contribution in [2.24, 2.45) is 5.92 Å². The van der Waals surface area contributed by atoms with Gasteiger partial charge in [-0.05, 0) is 25.0 Å². The third-order valence-corrected chi connectivity index (χ3v) is 3.13. The van der Waals surface area contributed by atoms with Crippen LogP contribution in [0.1, 0.15) is 36.2 Å². The number of nitrogens with zero attached hydrogens (tertiary/aromatic N) is 1. The Labute approximate surface area is 126 Å². The second kappa shape index (κ2) is 7.67. The Morgan fingerprint density at radius 1 is 1.33 bits per heavy atom. The highest BCUT2D eigenvalue weighted by Crippen LogP contribution is 2.17. The van der Waals surface area contributed by atoms with Gasteiger partial charge < -0.3 is 15.4 Å². The van der Waals surface area contributed by atoms with E-state index < -0.39 is 0 Å². The van der Waals surface area contributed by atoms with Crippen LogP contribution in [-0.4, -0.2) is 37.0 Å². The Kier molecular flexibility index (Phi) is 6.21. The van der Waals surface area contributed by atoms with E-state index >= 15 is 0 Å². The van der Waals surface area contributed by atoms with Gasteiger partial charge in [-0.25, -0.2) is 0 Å². The third-order valence-electron chi connectivity index (χ3n) is 3.13. The zero-order valence-electron chi connectivity index (χ0n) is 13.2. The van der Waals surface area contributed by atoms with Crippen LogP contribution in [0.15, 0.2) is 18.2 Å². The van der Waals surface area contributed by atoms with Crippen molar-refractivity contribution in [3.8, 4) is 0 Å². The zero-order valence-corrected chi connectivity index (χ0v) is 13.2. The van der Waals surface area contributed by atoms with Gasteiger partial charge >= 0.3 is 5.97 Å². The van der Waals surface area contributed by atoms with E-state index in [9.17, 15) is 9.59 Å². The summed E-state index contributed by atoms with van der Waals surface area (Å²) in [5.41, 5.74) is 7.82. The van der Waals surface area contributed by atoms with Crippen molar-refractivity contribution in [3.05, 3.63) is 29.3 Å². The minimum absolute atomic E-state index is 0.145. The number of esters is 1. The Balaban J connectivity index is 2.93. The molecule has 0 atom stereocenters. The Bertz CT molecular complexity index is 512. The van der Waals surface area contributed by atoms with Crippen molar-refractivity contribution < 1.29 is 14.3 Å². The van der Waals surface area contributed by atoms with Crippen molar-refractivity contribution in [1.82, 2.24) is 4.90 Å². The predicted octanol–water partition coefficient (Wildman–Crippen LogP) is 2.24. The fraction of sp³-hybridized carbons (Fsp3) is 0.500. The lowest BCUT2D eigenvalue weighted by Crippen LogP contribution is -2.36. The number of carbonyl (C=O) groups excluding carboxylic acids is 2. The minimum Gasteiger partial charge on any atom is -0.469 e. The molecule has 0 aromatic heterocycles. The summed E-state index contributed by atoms with van der Waals surface area (Å²) in [6.07, 6.45) is 0.181. The van der Waals surface area contributed by atoms with E-state index in [1.54, 1.807) is 17.0 Å². The molecule has 1 aromatic carbocycles. The topological polar surface area (TPSA) is 72.6 Å². The number of methoxy groups -OCH3 is 1. The molecule has 0 saturated heterocycles. The third kappa shape index (κ3) is 5.10. The molecule has 1 rings (SSSR count). The van der Waals surface area contributed by atoms with Gasteiger partial charge in [-0.15, -0.1) is 0 Å². The van der Waals surface area contributed by atoms with Gasteiger partial charge in [0.25, 0.3) is 5.91 Å². The number of amides is 1. The SMILES string of the molecule is COC(=O)CCN(CC(C)C)C(=O)c1cc(C)ccc1N. The number of carbonyl (C=O) groups is 2.